The van der Waals surface area contributed by atoms with Gasteiger partial charge in [-0.05, 0) is 76.2 Å². The van der Waals surface area contributed by atoms with E-state index in [0.717, 1.165) is 45.2 Å². The van der Waals surface area contributed by atoms with E-state index in [1.807, 2.05) is 4.90 Å². The summed E-state index contributed by atoms with van der Waals surface area (Å²) in [5.74, 6) is 2.34. The summed E-state index contributed by atoms with van der Waals surface area (Å²) >= 11 is 0. The van der Waals surface area contributed by atoms with E-state index in [4.69, 9.17) is 16.1 Å². The standard InChI is InChI=1S/C33H36FN5O3/c1-4-6-10-22-17-23(40)18-25(24(22)5-2)28-27(34)29-26(19-35-28)30(38-14-7-11-32(3,41)20-38)37-31(36-29)42-21-33-12-8-15-39(33)16-9-13-33/h2,4,6,10,17-19,40-41H,1,7-9,11-16,20-21H2,3H3/b10-6-/t32-/m1/s1. The van der Waals surface area contributed by atoms with Gasteiger partial charge in [0.2, 0.25) is 0 Å². The van der Waals surface area contributed by atoms with E-state index < -0.39 is 11.4 Å². The number of nitrogens with zero attached hydrogens (tertiary/aromatic N) is 5. The quantitative estimate of drug-likeness (QED) is 0.301. The Labute approximate surface area is 245 Å². The second-order valence-corrected chi connectivity index (χ2v) is 11.9. The Morgan fingerprint density at radius 2 is 1.93 bits per heavy atom. The van der Waals surface area contributed by atoms with E-state index in [1.165, 1.54) is 18.3 Å². The number of pyridine rings is 1. The number of phenols is 1. The van der Waals surface area contributed by atoms with Gasteiger partial charge in [0.1, 0.15) is 29.4 Å². The van der Waals surface area contributed by atoms with Gasteiger partial charge in [0.05, 0.1) is 16.5 Å². The number of terminal acetylenes is 1. The Kier molecular flexibility index (Phi) is 7.37. The number of aliphatic hydroxyl groups is 1. The van der Waals surface area contributed by atoms with Crippen molar-refractivity contribution in [3.05, 3.63) is 54.0 Å². The first-order chi connectivity index (χ1) is 20.2. The number of allylic oxidation sites excluding steroid dienone is 2. The van der Waals surface area contributed by atoms with Gasteiger partial charge in [0.15, 0.2) is 5.82 Å². The molecule has 0 aliphatic carbocycles. The summed E-state index contributed by atoms with van der Waals surface area (Å²) in [5.41, 5.74) is 0.270. The summed E-state index contributed by atoms with van der Waals surface area (Å²) in [6.07, 6.45) is 18.2. The molecule has 9 heteroatoms. The first-order valence-electron chi connectivity index (χ1n) is 14.6. The Balaban J connectivity index is 1.48. The molecular weight excluding hydrogens is 533 g/mol. The van der Waals surface area contributed by atoms with Crippen LogP contribution >= 0.6 is 0 Å². The normalized spacial score (nSPS) is 22.0. The molecule has 0 unspecified atom stereocenters. The highest BCUT2D eigenvalue weighted by Crippen LogP contribution is 2.40. The van der Waals surface area contributed by atoms with Crippen LogP contribution in [0.5, 0.6) is 11.8 Å². The van der Waals surface area contributed by atoms with E-state index >= 15 is 4.39 Å². The third-order valence-electron chi connectivity index (χ3n) is 8.86. The summed E-state index contributed by atoms with van der Waals surface area (Å²) in [7, 11) is 0. The van der Waals surface area contributed by atoms with Crippen molar-refractivity contribution in [3.8, 4) is 35.4 Å². The predicted molar refractivity (Wildman–Crippen MR) is 162 cm³/mol. The van der Waals surface area contributed by atoms with Crippen molar-refractivity contribution in [2.75, 3.05) is 37.7 Å². The number of halogens is 1. The second kappa shape index (κ2) is 11.0. The van der Waals surface area contributed by atoms with Gasteiger partial charge in [0.25, 0.3) is 0 Å². The zero-order valence-electron chi connectivity index (χ0n) is 23.9. The lowest BCUT2D eigenvalue weighted by Crippen LogP contribution is -2.46. The van der Waals surface area contributed by atoms with Crippen LogP contribution in [0.4, 0.5) is 10.2 Å². The van der Waals surface area contributed by atoms with Crippen LogP contribution in [-0.2, 0) is 0 Å². The van der Waals surface area contributed by atoms with Gasteiger partial charge in [-0.2, -0.15) is 9.97 Å². The number of anilines is 1. The fraction of sp³-hybridized carbons (Fsp3) is 0.424. The van der Waals surface area contributed by atoms with Gasteiger partial charge in [0, 0.05) is 30.4 Å². The Morgan fingerprint density at radius 3 is 2.64 bits per heavy atom. The molecule has 1 aromatic carbocycles. The molecule has 6 rings (SSSR count). The maximum atomic E-state index is 16.6. The molecule has 1 atom stereocenters. The molecule has 0 amide bonds. The van der Waals surface area contributed by atoms with E-state index in [0.29, 0.717) is 48.4 Å². The minimum absolute atomic E-state index is 0.0304. The molecular formula is C33H36FN5O3. The molecule has 0 bridgehead atoms. The molecule has 3 fully saturated rings. The Hall–Kier alpha value is -4.00. The van der Waals surface area contributed by atoms with Gasteiger partial charge in [-0.1, -0.05) is 30.7 Å². The van der Waals surface area contributed by atoms with Crippen molar-refractivity contribution in [1.29, 1.82) is 0 Å². The van der Waals surface area contributed by atoms with Gasteiger partial charge >= 0.3 is 6.01 Å². The van der Waals surface area contributed by atoms with E-state index in [-0.39, 0.29) is 34.1 Å². The van der Waals surface area contributed by atoms with Crippen LogP contribution in [-0.4, -0.2) is 74.0 Å². The summed E-state index contributed by atoms with van der Waals surface area (Å²) in [5, 5.41) is 21.7. The molecule has 0 radical (unpaired) electrons. The molecule has 0 saturated carbocycles. The Morgan fingerprint density at radius 1 is 1.17 bits per heavy atom. The highest BCUT2D eigenvalue weighted by atomic mass is 19.1. The molecule has 3 aliphatic rings. The zero-order chi connectivity index (χ0) is 29.5. The van der Waals surface area contributed by atoms with Crippen LogP contribution in [0.25, 0.3) is 28.2 Å². The number of benzene rings is 1. The molecule has 3 aromatic rings. The van der Waals surface area contributed by atoms with Gasteiger partial charge in [-0.3, -0.25) is 9.88 Å². The average molecular weight is 570 g/mol. The number of hydrogen-bond acceptors (Lipinski definition) is 8. The molecule has 3 saturated heterocycles. The molecule has 3 aliphatic heterocycles. The number of β-amino-alcohol motifs (C(OH)–C–C–N with tert-alkyl or cyclic N) is 1. The van der Waals surface area contributed by atoms with Crippen molar-refractivity contribution < 1.29 is 19.3 Å². The molecule has 0 spiro atoms. The number of aromatic nitrogens is 3. The maximum Gasteiger partial charge on any atom is 0.319 e. The second-order valence-electron chi connectivity index (χ2n) is 11.9. The maximum absolute atomic E-state index is 16.6. The molecule has 2 aromatic heterocycles. The smallest absolute Gasteiger partial charge is 0.319 e. The highest BCUT2D eigenvalue weighted by Gasteiger charge is 2.45. The summed E-state index contributed by atoms with van der Waals surface area (Å²) in [4.78, 5) is 18.3. The number of rotatable bonds is 7. The fourth-order valence-corrected chi connectivity index (χ4v) is 6.88. The number of phenolic OH excluding ortho intramolecular Hbond substituents is 1. The van der Waals surface area contributed by atoms with Gasteiger partial charge in [-0.25, -0.2) is 4.39 Å². The number of aromatic hydroxyl groups is 1. The van der Waals surface area contributed by atoms with Crippen LogP contribution in [0.2, 0.25) is 0 Å². The topological polar surface area (TPSA) is 94.8 Å². The lowest BCUT2D eigenvalue weighted by molar-refractivity contribution is 0.0447. The highest BCUT2D eigenvalue weighted by molar-refractivity contribution is 5.93. The molecule has 8 nitrogen and oxygen atoms in total. The third kappa shape index (κ3) is 5.10. The van der Waals surface area contributed by atoms with Crippen molar-refractivity contribution in [3.63, 3.8) is 0 Å². The fourth-order valence-electron chi connectivity index (χ4n) is 6.88. The van der Waals surface area contributed by atoms with Gasteiger partial charge < -0.3 is 19.8 Å². The lowest BCUT2D eigenvalue weighted by atomic mass is 9.95. The van der Waals surface area contributed by atoms with E-state index in [1.54, 1.807) is 25.2 Å². The lowest BCUT2D eigenvalue weighted by Gasteiger charge is -2.38. The van der Waals surface area contributed by atoms with E-state index in [9.17, 15) is 10.2 Å². The van der Waals surface area contributed by atoms with Crippen LogP contribution < -0.4 is 9.64 Å². The number of fused-ring (bicyclic) bond motifs is 2. The predicted octanol–water partition coefficient (Wildman–Crippen LogP) is 5.08. The summed E-state index contributed by atoms with van der Waals surface area (Å²) < 4.78 is 22.8. The van der Waals surface area contributed by atoms with Crippen LogP contribution in [0, 0.1) is 18.2 Å². The monoisotopic (exact) mass is 569 g/mol. The van der Waals surface area contributed by atoms with Crippen molar-refractivity contribution in [1.82, 2.24) is 19.9 Å². The number of ether oxygens (including phenoxy) is 1. The SMILES string of the molecule is C#Cc1c(/C=C\C=C)cc(O)cc1-c1ncc2c(N3CCC[C@@](C)(O)C3)nc(OCC34CCCN3CCC4)nc2c1F. The molecule has 5 heterocycles. The Bertz CT molecular complexity index is 1600. The average Bonchev–Trinajstić information content (AvgIpc) is 3.55. The largest absolute Gasteiger partial charge is 0.508 e. The zero-order valence-corrected chi connectivity index (χ0v) is 23.9. The first kappa shape index (κ1) is 28.1. The van der Waals surface area contributed by atoms with Crippen molar-refractivity contribution in [2.24, 2.45) is 0 Å². The van der Waals surface area contributed by atoms with Gasteiger partial charge in [-0.15, -0.1) is 6.42 Å². The van der Waals surface area contributed by atoms with E-state index in [2.05, 4.69) is 27.4 Å². The summed E-state index contributed by atoms with van der Waals surface area (Å²) in [6, 6.07) is 3.02. The molecule has 42 heavy (non-hydrogen) atoms. The minimum Gasteiger partial charge on any atom is -0.508 e. The van der Waals surface area contributed by atoms with Crippen LogP contribution in [0.3, 0.4) is 0 Å². The van der Waals surface area contributed by atoms with Crippen molar-refractivity contribution >= 4 is 22.8 Å². The number of piperidine rings is 1. The van der Waals surface area contributed by atoms with Crippen LogP contribution in [0.15, 0.2) is 37.1 Å². The molecule has 218 valence electrons. The number of hydrogen-bond donors (Lipinski definition) is 2. The minimum atomic E-state index is -0.908. The summed E-state index contributed by atoms with van der Waals surface area (Å²) in [6.45, 7) is 9.02. The third-order valence-corrected chi connectivity index (χ3v) is 8.86. The first-order valence-corrected chi connectivity index (χ1v) is 14.6. The van der Waals surface area contributed by atoms with Crippen molar-refractivity contribution in [2.45, 2.75) is 56.6 Å². The van der Waals surface area contributed by atoms with Crippen LogP contribution in [0.1, 0.15) is 56.6 Å². The molecule has 2 N–H and O–H groups in total.